The van der Waals surface area contributed by atoms with Gasteiger partial charge in [-0.1, -0.05) is 0 Å². The molecule has 4 heteroatoms. The van der Waals surface area contributed by atoms with E-state index in [1.54, 1.807) is 17.8 Å². The Morgan fingerprint density at radius 3 is 2.45 bits per heavy atom. The molecule has 0 saturated carbocycles. The summed E-state index contributed by atoms with van der Waals surface area (Å²) < 4.78 is 3.41. The van der Waals surface area contributed by atoms with Crippen LogP contribution in [0.3, 0.4) is 0 Å². The molecule has 1 N–H and O–H groups in total. The van der Waals surface area contributed by atoms with Crippen molar-refractivity contribution >= 4 is 0 Å². The molecule has 0 atom stereocenters. The lowest BCUT2D eigenvalue weighted by molar-refractivity contribution is 0.547. The van der Waals surface area contributed by atoms with E-state index in [0.29, 0.717) is 0 Å². The summed E-state index contributed by atoms with van der Waals surface area (Å²) in [5.74, 6) is 0. The molecule has 0 saturated heterocycles. The van der Waals surface area contributed by atoms with Crippen molar-refractivity contribution in [3.63, 3.8) is 0 Å². The highest BCUT2D eigenvalue weighted by molar-refractivity contribution is 5.00. The van der Waals surface area contributed by atoms with Crippen LogP contribution in [-0.2, 0) is 20.6 Å². The molecule has 0 unspecified atom stereocenters. The highest BCUT2D eigenvalue weighted by atomic mass is 16.1. The zero-order valence-electron chi connectivity index (χ0n) is 7.09. The van der Waals surface area contributed by atoms with E-state index < -0.39 is 0 Å². The summed E-state index contributed by atoms with van der Waals surface area (Å²) in [5, 5.41) is 2.99. The van der Waals surface area contributed by atoms with Crippen LogP contribution >= 0.6 is 0 Å². The lowest BCUT2D eigenvalue weighted by Gasteiger charge is -2.03. The van der Waals surface area contributed by atoms with Crippen LogP contribution < -0.4 is 10.9 Å². The van der Waals surface area contributed by atoms with Crippen LogP contribution in [0.25, 0.3) is 0 Å². The van der Waals surface area contributed by atoms with Crippen molar-refractivity contribution in [1.82, 2.24) is 14.7 Å². The van der Waals surface area contributed by atoms with Crippen molar-refractivity contribution < 1.29 is 0 Å². The third-order valence-corrected chi connectivity index (χ3v) is 1.83. The zero-order chi connectivity index (χ0) is 8.43. The second-order valence-corrected chi connectivity index (χ2v) is 2.55. The summed E-state index contributed by atoms with van der Waals surface area (Å²) in [6.45, 7) is 0.729. The van der Waals surface area contributed by atoms with Crippen LogP contribution in [0.2, 0.25) is 0 Å². The quantitative estimate of drug-likeness (QED) is 0.622. The lowest BCUT2D eigenvalue weighted by atomic mass is 10.4. The standard InChI is InChI=1S/C7H13N3O/c1-8-5-6-4-7(11)10(3)9(6)2/h4,8H,5H2,1-3H3. The summed E-state index contributed by atoms with van der Waals surface area (Å²) in [6.07, 6.45) is 0. The Balaban J connectivity index is 3.08. The van der Waals surface area contributed by atoms with Crippen molar-refractivity contribution in [1.29, 1.82) is 0 Å². The van der Waals surface area contributed by atoms with E-state index in [9.17, 15) is 4.79 Å². The van der Waals surface area contributed by atoms with Gasteiger partial charge in [0.1, 0.15) is 0 Å². The molecule has 0 aliphatic rings. The van der Waals surface area contributed by atoms with Crippen LogP contribution in [0.15, 0.2) is 10.9 Å². The molecule has 1 heterocycles. The van der Waals surface area contributed by atoms with E-state index in [4.69, 9.17) is 0 Å². The Kier molecular flexibility index (Phi) is 2.14. The first kappa shape index (κ1) is 8.07. The van der Waals surface area contributed by atoms with Crippen molar-refractivity contribution in [2.45, 2.75) is 6.54 Å². The molecule has 1 aromatic heterocycles. The van der Waals surface area contributed by atoms with Gasteiger partial charge in [0, 0.05) is 26.7 Å². The van der Waals surface area contributed by atoms with E-state index in [1.165, 1.54) is 0 Å². The molecule has 0 bridgehead atoms. The first-order valence-electron chi connectivity index (χ1n) is 3.53. The fourth-order valence-electron chi connectivity index (χ4n) is 1.02. The molecule has 4 nitrogen and oxygen atoms in total. The summed E-state index contributed by atoms with van der Waals surface area (Å²) >= 11 is 0. The van der Waals surface area contributed by atoms with Gasteiger partial charge in [0.25, 0.3) is 5.56 Å². The van der Waals surface area contributed by atoms with Crippen LogP contribution in [0.1, 0.15) is 5.69 Å². The fraction of sp³-hybridized carbons (Fsp3) is 0.571. The van der Waals surface area contributed by atoms with E-state index in [2.05, 4.69) is 5.32 Å². The maximum Gasteiger partial charge on any atom is 0.266 e. The zero-order valence-corrected chi connectivity index (χ0v) is 7.09. The predicted octanol–water partition coefficient (Wildman–Crippen LogP) is -0.557. The van der Waals surface area contributed by atoms with Gasteiger partial charge >= 0.3 is 0 Å². The van der Waals surface area contributed by atoms with Crippen LogP contribution in [0, 0.1) is 0 Å². The average molecular weight is 155 g/mol. The topological polar surface area (TPSA) is 39.0 Å². The molecule has 0 spiro atoms. The van der Waals surface area contributed by atoms with E-state index in [-0.39, 0.29) is 5.56 Å². The van der Waals surface area contributed by atoms with Crippen LogP contribution in [0.4, 0.5) is 0 Å². The molecule has 0 amide bonds. The Bertz CT molecular complexity index is 297. The number of nitrogens with zero attached hydrogens (tertiary/aromatic N) is 2. The van der Waals surface area contributed by atoms with E-state index >= 15 is 0 Å². The molecule has 0 radical (unpaired) electrons. The van der Waals surface area contributed by atoms with Gasteiger partial charge in [-0.15, -0.1) is 0 Å². The third kappa shape index (κ3) is 1.35. The minimum Gasteiger partial charge on any atom is -0.314 e. The summed E-state index contributed by atoms with van der Waals surface area (Å²) in [7, 11) is 5.48. The number of aromatic nitrogens is 2. The Hall–Kier alpha value is -1.03. The number of hydrogen-bond donors (Lipinski definition) is 1. The number of rotatable bonds is 2. The number of hydrogen-bond acceptors (Lipinski definition) is 2. The van der Waals surface area contributed by atoms with Gasteiger partial charge in [-0.05, 0) is 7.05 Å². The second-order valence-electron chi connectivity index (χ2n) is 2.55. The van der Waals surface area contributed by atoms with Gasteiger partial charge < -0.3 is 5.32 Å². The van der Waals surface area contributed by atoms with Crippen LogP contribution in [-0.4, -0.2) is 16.4 Å². The van der Waals surface area contributed by atoms with Crippen molar-refractivity contribution in [2.24, 2.45) is 14.1 Å². The summed E-state index contributed by atoms with van der Waals surface area (Å²) in [5.41, 5.74) is 1.04. The molecule has 0 aliphatic heterocycles. The molecule has 62 valence electrons. The maximum atomic E-state index is 11.0. The van der Waals surface area contributed by atoms with Gasteiger partial charge in [-0.3, -0.25) is 14.2 Å². The third-order valence-electron chi connectivity index (χ3n) is 1.83. The van der Waals surface area contributed by atoms with Gasteiger partial charge in [0.2, 0.25) is 0 Å². The van der Waals surface area contributed by atoms with Crippen molar-refractivity contribution in [3.05, 3.63) is 22.1 Å². The minimum absolute atomic E-state index is 0.0396. The van der Waals surface area contributed by atoms with Crippen molar-refractivity contribution in [2.75, 3.05) is 7.05 Å². The fourth-order valence-corrected chi connectivity index (χ4v) is 1.02. The van der Waals surface area contributed by atoms with Crippen LogP contribution in [0.5, 0.6) is 0 Å². The molecule has 11 heavy (non-hydrogen) atoms. The first-order chi connectivity index (χ1) is 5.16. The molecule has 1 rings (SSSR count). The SMILES string of the molecule is CNCc1cc(=O)n(C)n1C. The predicted molar refractivity (Wildman–Crippen MR) is 43.4 cm³/mol. The summed E-state index contributed by atoms with van der Waals surface area (Å²) in [4.78, 5) is 11.0. The highest BCUT2D eigenvalue weighted by Gasteiger charge is 2.01. The maximum absolute atomic E-state index is 11.0. The normalized spacial score (nSPS) is 10.5. The van der Waals surface area contributed by atoms with E-state index in [0.717, 1.165) is 12.2 Å². The Labute approximate surface area is 65.4 Å². The molecular formula is C7H13N3O. The molecular weight excluding hydrogens is 142 g/mol. The Morgan fingerprint density at radius 2 is 2.09 bits per heavy atom. The first-order valence-corrected chi connectivity index (χ1v) is 3.53. The molecule has 0 aliphatic carbocycles. The monoisotopic (exact) mass is 155 g/mol. The van der Waals surface area contributed by atoms with Gasteiger partial charge in [-0.25, -0.2) is 0 Å². The van der Waals surface area contributed by atoms with Crippen molar-refractivity contribution in [3.8, 4) is 0 Å². The largest absolute Gasteiger partial charge is 0.314 e. The molecule has 1 aromatic rings. The minimum atomic E-state index is 0.0396. The lowest BCUT2D eigenvalue weighted by Crippen LogP contribution is -2.17. The van der Waals surface area contributed by atoms with E-state index in [1.807, 2.05) is 18.8 Å². The second kappa shape index (κ2) is 2.92. The molecule has 0 fully saturated rings. The van der Waals surface area contributed by atoms with Gasteiger partial charge in [-0.2, -0.15) is 0 Å². The average Bonchev–Trinajstić information content (AvgIpc) is 2.19. The summed E-state index contributed by atoms with van der Waals surface area (Å²) in [6, 6.07) is 1.64. The van der Waals surface area contributed by atoms with Gasteiger partial charge in [0.05, 0.1) is 5.69 Å². The van der Waals surface area contributed by atoms with Gasteiger partial charge in [0.15, 0.2) is 0 Å². The smallest absolute Gasteiger partial charge is 0.266 e. The number of nitrogens with one attached hydrogen (secondary N) is 1. The highest BCUT2D eigenvalue weighted by Crippen LogP contribution is 1.91. The Morgan fingerprint density at radius 1 is 1.45 bits per heavy atom. The molecule has 0 aromatic carbocycles.